The molecule has 0 amide bonds. The van der Waals surface area contributed by atoms with Crippen molar-refractivity contribution in [1.82, 2.24) is 4.83 Å². The number of hydrogen-bond acceptors (Lipinski definition) is 2. The Morgan fingerprint density at radius 3 is 2.67 bits per heavy atom. The third-order valence-corrected chi connectivity index (χ3v) is 2.41. The van der Waals surface area contributed by atoms with Crippen LogP contribution < -0.4 is 4.83 Å². The Morgan fingerprint density at radius 2 is 2.07 bits per heavy atom. The van der Waals surface area contributed by atoms with Gasteiger partial charge < -0.3 is 10.3 Å². The summed E-state index contributed by atoms with van der Waals surface area (Å²) in [5.41, 5.74) is 4.16. The van der Waals surface area contributed by atoms with E-state index in [1.165, 1.54) is 18.0 Å². The Labute approximate surface area is 88.7 Å². The molecule has 1 aliphatic heterocycles. The molecule has 0 saturated carbocycles. The van der Waals surface area contributed by atoms with Crippen LogP contribution in [0.2, 0.25) is 0 Å². The van der Waals surface area contributed by atoms with Gasteiger partial charge in [0.1, 0.15) is 0 Å². The van der Waals surface area contributed by atoms with Crippen LogP contribution in [-0.4, -0.2) is 0 Å². The fraction of sp³-hybridized carbons (Fsp3) is 0.111. The van der Waals surface area contributed by atoms with Gasteiger partial charge in [-0.2, -0.15) is 13.2 Å². The van der Waals surface area contributed by atoms with E-state index in [2.05, 4.69) is 10.3 Å². The van der Waals surface area contributed by atoms with E-state index < -0.39 is 11.7 Å². The molecular formula is C9H6F3N2S-. The van der Waals surface area contributed by atoms with E-state index in [9.17, 15) is 13.2 Å². The quantitative estimate of drug-likeness (QED) is 0.748. The molecule has 15 heavy (non-hydrogen) atoms. The maximum absolute atomic E-state index is 12.4. The van der Waals surface area contributed by atoms with Crippen LogP contribution >= 0.6 is 11.9 Å². The Kier molecular flexibility index (Phi) is 2.62. The Hall–Kier alpha value is -1.14. The second-order valence-corrected chi connectivity index (χ2v) is 3.56. The van der Waals surface area contributed by atoms with Crippen molar-refractivity contribution in [3.8, 4) is 0 Å². The molecule has 1 N–H and O–H groups in total. The van der Waals surface area contributed by atoms with Crippen LogP contribution in [0.25, 0.3) is 11.1 Å². The van der Waals surface area contributed by atoms with Crippen molar-refractivity contribution < 1.29 is 13.2 Å². The van der Waals surface area contributed by atoms with Crippen molar-refractivity contribution in [2.24, 2.45) is 0 Å². The third kappa shape index (κ3) is 2.27. The van der Waals surface area contributed by atoms with Gasteiger partial charge in [0.2, 0.25) is 0 Å². The first-order valence-corrected chi connectivity index (χ1v) is 4.94. The molecule has 80 valence electrons. The van der Waals surface area contributed by atoms with Crippen molar-refractivity contribution in [3.05, 3.63) is 46.2 Å². The molecule has 0 fully saturated rings. The van der Waals surface area contributed by atoms with Gasteiger partial charge in [-0.25, -0.2) is 0 Å². The lowest BCUT2D eigenvalue weighted by Gasteiger charge is -2.18. The minimum Gasteiger partial charge on any atom is -0.611 e. The summed E-state index contributed by atoms with van der Waals surface area (Å²) in [6.45, 7) is 0. The summed E-state index contributed by atoms with van der Waals surface area (Å²) in [4.78, 5) is 2.60. The number of halogens is 3. The van der Waals surface area contributed by atoms with Crippen LogP contribution in [0.1, 0.15) is 11.1 Å². The van der Waals surface area contributed by atoms with Crippen LogP contribution in [0.4, 0.5) is 13.2 Å². The third-order valence-electron chi connectivity index (χ3n) is 1.88. The maximum atomic E-state index is 12.4. The Morgan fingerprint density at radius 1 is 1.27 bits per heavy atom. The second-order valence-electron chi connectivity index (χ2n) is 2.90. The largest absolute Gasteiger partial charge is 0.611 e. The Bertz CT molecular complexity index is 401. The van der Waals surface area contributed by atoms with E-state index in [1.807, 2.05) is 0 Å². The SMILES string of the molecule is FC(F)(F)c1cccc(C2=CSN[N-]2)c1. The Balaban J connectivity index is 2.34. The van der Waals surface area contributed by atoms with Gasteiger partial charge in [0.05, 0.1) is 5.56 Å². The lowest BCUT2D eigenvalue weighted by atomic mass is 10.1. The highest BCUT2D eigenvalue weighted by molar-refractivity contribution is 8.00. The van der Waals surface area contributed by atoms with Crippen LogP contribution in [0.5, 0.6) is 0 Å². The summed E-state index contributed by atoms with van der Waals surface area (Å²) in [6, 6.07) is 5.10. The number of alkyl halides is 3. The zero-order valence-corrected chi connectivity index (χ0v) is 8.19. The highest BCUT2D eigenvalue weighted by atomic mass is 32.2. The molecule has 1 aromatic rings. The van der Waals surface area contributed by atoms with E-state index in [1.54, 1.807) is 11.5 Å². The molecule has 1 aliphatic rings. The van der Waals surface area contributed by atoms with Crippen molar-refractivity contribution in [1.29, 1.82) is 0 Å². The van der Waals surface area contributed by atoms with Crippen molar-refractivity contribution in [2.45, 2.75) is 6.18 Å². The molecular weight excluding hydrogens is 225 g/mol. The van der Waals surface area contributed by atoms with Gasteiger partial charge in [0, 0.05) is 0 Å². The van der Waals surface area contributed by atoms with Crippen LogP contribution in [0.3, 0.4) is 0 Å². The summed E-state index contributed by atoms with van der Waals surface area (Å²) in [6.07, 6.45) is -4.31. The minimum absolute atomic E-state index is 0.460. The highest BCUT2D eigenvalue weighted by Gasteiger charge is 2.30. The molecule has 0 radical (unpaired) electrons. The average Bonchev–Trinajstić information content (AvgIpc) is 2.69. The van der Waals surface area contributed by atoms with Gasteiger partial charge in [-0.1, -0.05) is 24.1 Å². The number of rotatable bonds is 1. The van der Waals surface area contributed by atoms with Crippen LogP contribution in [-0.2, 0) is 6.18 Å². The van der Waals surface area contributed by atoms with Gasteiger partial charge in [0.15, 0.2) is 0 Å². The van der Waals surface area contributed by atoms with E-state index in [0.717, 1.165) is 12.1 Å². The van der Waals surface area contributed by atoms with E-state index in [0.29, 0.717) is 11.3 Å². The molecule has 0 aromatic heterocycles. The van der Waals surface area contributed by atoms with Crippen LogP contribution in [0.15, 0.2) is 29.7 Å². The molecule has 6 heteroatoms. The van der Waals surface area contributed by atoms with E-state index >= 15 is 0 Å². The van der Waals surface area contributed by atoms with Gasteiger partial charge in [-0.3, -0.25) is 0 Å². The molecule has 2 rings (SSSR count). The van der Waals surface area contributed by atoms with Crippen molar-refractivity contribution >= 4 is 17.6 Å². The van der Waals surface area contributed by atoms with Gasteiger partial charge in [-0.15, -0.1) is 5.70 Å². The summed E-state index contributed by atoms with van der Waals surface area (Å²) < 4.78 is 37.2. The summed E-state index contributed by atoms with van der Waals surface area (Å²) in [5.74, 6) is 0. The van der Waals surface area contributed by atoms with E-state index in [-0.39, 0.29) is 0 Å². The predicted octanol–water partition coefficient (Wildman–Crippen LogP) is 3.54. The molecule has 0 atom stereocenters. The highest BCUT2D eigenvalue weighted by Crippen LogP contribution is 2.33. The zero-order valence-electron chi connectivity index (χ0n) is 7.38. The molecule has 0 aliphatic carbocycles. The number of benzene rings is 1. The molecule has 1 heterocycles. The fourth-order valence-electron chi connectivity index (χ4n) is 1.17. The second kappa shape index (κ2) is 3.79. The topological polar surface area (TPSA) is 26.1 Å². The van der Waals surface area contributed by atoms with Gasteiger partial charge in [0.25, 0.3) is 0 Å². The van der Waals surface area contributed by atoms with Gasteiger partial charge in [-0.05, 0) is 23.1 Å². The number of hydrogen-bond donors (Lipinski definition) is 1. The van der Waals surface area contributed by atoms with Crippen molar-refractivity contribution in [3.63, 3.8) is 0 Å². The summed E-state index contributed by atoms with van der Waals surface area (Å²) in [5, 5.41) is 1.66. The average molecular weight is 231 g/mol. The van der Waals surface area contributed by atoms with Gasteiger partial charge >= 0.3 is 6.18 Å². The molecule has 2 nitrogen and oxygen atoms in total. The predicted molar refractivity (Wildman–Crippen MR) is 53.5 cm³/mol. The first-order valence-electron chi connectivity index (χ1n) is 4.06. The smallest absolute Gasteiger partial charge is 0.416 e. The number of nitrogens with zero attached hydrogens (tertiary/aromatic N) is 1. The summed E-state index contributed by atoms with van der Waals surface area (Å²) in [7, 11) is 0. The molecule has 0 saturated heterocycles. The molecule has 1 aromatic carbocycles. The first kappa shape index (κ1) is 10.4. The first-order chi connectivity index (χ1) is 7.07. The fourth-order valence-corrected chi connectivity index (χ4v) is 1.68. The standard InChI is InChI=1S/C9H6F3N2S/c10-9(11,12)7-3-1-2-6(4-7)8-5-15-14-13-8/h1-5,14H/q-1. The molecule has 0 unspecified atom stereocenters. The van der Waals surface area contributed by atoms with Crippen LogP contribution in [0, 0.1) is 0 Å². The van der Waals surface area contributed by atoms with Crippen molar-refractivity contribution in [2.75, 3.05) is 0 Å². The minimum atomic E-state index is -4.31. The maximum Gasteiger partial charge on any atom is 0.416 e. The lowest BCUT2D eigenvalue weighted by molar-refractivity contribution is -0.137. The zero-order chi connectivity index (χ0) is 10.9. The summed E-state index contributed by atoms with van der Waals surface area (Å²) >= 11 is 1.23. The molecule has 0 spiro atoms. The normalized spacial score (nSPS) is 16.1. The van der Waals surface area contributed by atoms with E-state index in [4.69, 9.17) is 0 Å². The number of nitrogens with one attached hydrogen (secondary N) is 1. The monoisotopic (exact) mass is 231 g/mol. The lowest BCUT2D eigenvalue weighted by Crippen LogP contribution is -2.05. The molecule has 0 bridgehead atoms.